The third-order valence-electron chi connectivity index (χ3n) is 2.14. The van der Waals surface area contributed by atoms with Crippen LogP contribution in [0, 0.1) is 6.92 Å². The Balaban J connectivity index is 1.98. The van der Waals surface area contributed by atoms with Crippen LogP contribution < -0.4 is 11.1 Å². The lowest BCUT2D eigenvalue weighted by Gasteiger charge is -2.03. The maximum absolute atomic E-state index is 11.8. The summed E-state index contributed by atoms with van der Waals surface area (Å²) in [5.41, 5.74) is 6.02. The summed E-state index contributed by atoms with van der Waals surface area (Å²) < 4.78 is 0. The van der Waals surface area contributed by atoms with Gasteiger partial charge in [0.25, 0.3) is 5.91 Å². The van der Waals surface area contributed by atoms with E-state index in [-0.39, 0.29) is 5.91 Å². The van der Waals surface area contributed by atoms with E-state index in [1.54, 1.807) is 29.7 Å². The molecule has 0 saturated heterocycles. The molecule has 6 heteroatoms. The first kappa shape index (κ1) is 11.5. The predicted molar refractivity (Wildman–Crippen MR) is 66.7 cm³/mol. The SMILES string of the molecule is Cc1ncc(CNC(=O)c2ccnc(N)c2)s1. The van der Waals surface area contributed by atoms with E-state index in [0.29, 0.717) is 17.9 Å². The number of aromatic nitrogens is 2. The van der Waals surface area contributed by atoms with Crippen LogP contribution in [0.5, 0.6) is 0 Å². The van der Waals surface area contributed by atoms with Crippen molar-refractivity contribution in [3.8, 4) is 0 Å². The molecule has 0 saturated carbocycles. The van der Waals surface area contributed by atoms with Gasteiger partial charge in [0.1, 0.15) is 5.82 Å². The van der Waals surface area contributed by atoms with E-state index in [4.69, 9.17) is 5.73 Å². The number of pyridine rings is 1. The summed E-state index contributed by atoms with van der Waals surface area (Å²) >= 11 is 1.57. The number of anilines is 1. The van der Waals surface area contributed by atoms with Gasteiger partial charge in [0.2, 0.25) is 0 Å². The Morgan fingerprint density at radius 2 is 2.35 bits per heavy atom. The Morgan fingerprint density at radius 1 is 1.53 bits per heavy atom. The molecule has 0 fully saturated rings. The van der Waals surface area contributed by atoms with Gasteiger partial charge in [0.05, 0.1) is 11.6 Å². The summed E-state index contributed by atoms with van der Waals surface area (Å²) in [6, 6.07) is 3.18. The third kappa shape index (κ3) is 3.01. The van der Waals surface area contributed by atoms with Gasteiger partial charge in [-0.1, -0.05) is 0 Å². The molecule has 0 bridgehead atoms. The highest BCUT2D eigenvalue weighted by Gasteiger charge is 2.06. The van der Waals surface area contributed by atoms with Gasteiger partial charge in [-0.15, -0.1) is 11.3 Å². The summed E-state index contributed by atoms with van der Waals surface area (Å²) in [5.74, 6) is 0.177. The molecule has 3 N–H and O–H groups in total. The Hall–Kier alpha value is -1.95. The van der Waals surface area contributed by atoms with E-state index in [2.05, 4.69) is 15.3 Å². The number of thiazole rings is 1. The number of amides is 1. The van der Waals surface area contributed by atoms with Crippen molar-refractivity contribution in [2.75, 3.05) is 5.73 Å². The lowest BCUT2D eigenvalue weighted by atomic mass is 10.2. The summed E-state index contributed by atoms with van der Waals surface area (Å²) in [6.07, 6.45) is 3.28. The largest absolute Gasteiger partial charge is 0.384 e. The number of nitrogen functional groups attached to an aromatic ring is 1. The molecule has 2 aromatic rings. The molecule has 0 spiro atoms. The van der Waals surface area contributed by atoms with E-state index in [1.165, 1.54) is 6.20 Å². The molecule has 1 amide bonds. The number of carbonyl (C=O) groups is 1. The second-order valence-corrected chi connectivity index (χ2v) is 4.82. The standard InChI is InChI=1S/C11H12N4OS/c1-7-14-5-9(17-7)6-15-11(16)8-2-3-13-10(12)4-8/h2-5H,6H2,1H3,(H2,12,13)(H,15,16). The van der Waals surface area contributed by atoms with Crippen molar-refractivity contribution in [2.24, 2.45) is 0 Å². The van der Waals surface area contributed by atoms with Crippen molar-refractivity contribution in [2.45, 2.75) is 13.5 Å². The topological polar surface area (TPSA) is 80.9 Å². The van der Waals surface area contributed by atoms with Crippen LogP contribution in [0.2, 0.25) is 0 Å². The van der Waals surface area contributed by atoms with E-state index in [1.807, 2.05) is 6.92 Å². The predicted octanol–water partition coefficient (Wildman–Crippen LogP) is 1.36. The van der Waals surface area contributed by atoms with Gasteiger partial charge in [0.15, 0.2) is 0 Å². The Morgan fingerprint density at radius 3 is 3.00 bits per heavy atom. The maximum Gasteiger partial charge on any atom is 0.251 e. The number of nitrogens with two attached hydrogens (primary N) is 1. The van der Waals surface area contributed by atoms with E-state index in [9.17, 15) is 4.79 Å². The highest BCUT2D eigenvalue weighted by molar-refractivity contribution is 7.11. The summed E-state index contributed by atoms with van der Waals surface area (Å²) in [6.45, 7) is 2.41. The molecule has 0 unspecified atom stereocenters. The van der Waals surface area contributed by atoms with Crippen LogP contribution in [-0.4, -0.2) is 15.9 Å². The van der Waals surface area contributed by atoms with Crippen LogP contribution in [0.25, 0.3) is 0 Å². The molecule has 88 valence electrons. The average Bonchev–Trinajstić information content (AvgIpc) is 2.72. The summed E-state index contributed by atoms with van der Waals surface area (Å²) in [5, 5.41) is 3.79. The van der Waals surface area contributed by atoms with Crippen molar-refractivity contribution >= 4 is 23.1 Å². The minimum atomic E-state index is -0.162. The molecule has 2 heterocycles. The van der Waals surface area contributed by atoms with Crippen molar-refractivity contribution in [3.63, 3.8) is 0 Å². The first-order valence-electron chi connectivity index (χ1n) is 5.06. The number of hydrogen-bond acceptors (Lipinski definition) is 5. The number of nitrogens with zero attached hydrogens (tertiary/aromatic N) is 2. The van der Waals surface area contributed by atoms with Crippen LogP contribution in [-0.2, 0) is 6.54 Å². The van der Waals surface area contributed by atoms with Gasteiger partial charge in [-0.3, -0.25) is 4.79 Å². The molecule has 0 aliphatic carbocycles. The number of hydrogen-bond donors (Lipinski definition) is 2. The number of rotatable bonds is 3. The molecular formula is C11H12N4OS. The Kier molecular flexibility index (Phi) is 3.34. The van der Waals surface area contributed by atoms with Crippen molar-refractivity contribution in [1.29, 1.82) is 0 Å². The van der Waals surface area contributed by atoms with Gasteiger partial charge >= 0.3 is 0 Å². The molecule has 0 radical (unpaired) electrons. The van der Waals surface area contributed by atoms with E-state index in [0.717, 1.165) is 9.88 Å². The van der Waals surface area contributed by atoms with Gasteiger partial charge in [-0.25, -0.2) is 9.97 Å². The molecule has 0 aliphatic heterocycles. The minimum absolute atomic E-state index is 0.162. The average molecular weight is 248 g/mol. The van der Waals surface area contributed by atoms with Gasteiger partial charge in [-0.2, -0.15) is 0 Å². The molecular weight excluding hydrogens is 236 g/mol. The molecule has 2 rings (SSSR count). The highest BCUT2D eigenvalue weighted by atomic mass is 32.1. The number of aryl methyl sites for hydroxylation is 1. The first-order valence-corrected chi connectivity index (χ1v) is 5.88. The fourth-order valence-electron chi connectivity index (χ4n) is 1.35. The van der Waals surface area contributed by atoms with Crippen LogP contribution >= 0.6 is 11.3 Å². The molecule has 0 aliphatic rings. The zero-order valence-corrected chi connectivity index (χ0v) is 10.1. The van der Waals surface area contributed by atoms with E-state index < -0.39 is 0 Å². The second kappa shape index (κ2) is 4.92. The molecule has 17 heavy (non-hydrogen) atoms. The minimum Gasteiger partial charge on any atom is -0.384 e. The molecule has 5 nitrogen and oxygen atoms in total. The van der Waals surface area contributed by atoms with Crippen LogP contribution in [0.1, 0.15) is 20.2 Å². The first-order chi connectivity index (χ1) is 8.15. The zero-order valence-electron chi connectivity index (χ0n) is 9.30. The van der Waals surface area contributed by atoms with E-state index >= 15 is 0 Å². The fraction of sp³-hybridized carbons (Fsp3) is 0.182. The van der Waals surface area contributed by atoms with Gasteiger partial charge in [-0.05, 0) is 19.1 Å². The maximum atomic E-state index is 11.8. The van der Waals surface area contributed by atoms with Crippen LogP contribution in [0.3, 0.4) is 0 Å². The van der Waals surface area contributed by atoms with Crippen molar-refractivity contribution in [3.05, 3.63) is 40.0 Å². The Bertz CT molecular complexity index is 538. The van der Waals surface area contributed by atoms with Gasteiger partial charge in [0, 0.05) is 22.8 Å². The number of carbonyl (C=O) groups excluding carboxylic acids is 1. The summed E-state index contributed by atoms with van der Waals surface area (Å²) in [7, 11) is 0. The monoisotopic (exact) mass is 248 g/mol. The molecule has 0 atom stereocenters. The highest BCUT2D eigenvalue weighted by Crippen LogP contribution is 2.11. The zero-order chi connectivity index (χ0) is 12.3. The smallest absolute Gasteiger partial charge is 0.251 e. The van der Waals surface area contributed by atoms with Crippen molar-refractivity contribution in [1.82, 2.24) is 15.3 Å². The van der Waals surface area contributed by atoms with Crippen LogP contribution in [0.4, 0.5) is 5.82 Å². The molecule has 2 aromatic heterocycles. The third-order valence-corrected chi connectivity index (χ3v) is 3.05. The lowest BCUT2D eigenvalue weighted by molar-refractivity contribution is 0.0951. The molecule has 0 aromatic carbocycles. The fourth-order valence-corrected chi connectivity index (χ4v) is 2.08. The normalized spacial score (nSPS) is 10.2. The van der Waals surface area contributed by atoms with Crippen molar-refractivity contribution < 1.29 is 4.79 Å². The Labute approximate surface area is 103 Å². The second-order valence-electron chi connectivity index (χ2n) is 3.50. The van der Waals surface area contributed by atoms with Crippen LogP contribution in [0.15, 0.2) is 24.5 Å². The van der Waals surface area contributed by atoms with Gasteiger partial charge < -0.3 is 11.1 Å². The quantitative estimate of drug-likeness (QED) is 0.859. The number of nitrogens with one attached hydrogen (secondary N) is 1. The lowest BCUT2D eigenvalue weighted by Crippen LogP contribution is -2.22. The summed E-state index contributed by atoms with van der Waals surface area (Å²) in [4.78, 5) is 20.7.